The second-order valence-corrected chi connectivity index (χ2v) is 4.84. The zero-order valence-electron chi connectivity index (χ0n) is 12.0. The Morgan fingerprint density at radius 3 is 2.83 bits per heavy atom. The van der Waals surface area contributed by atoms with Crippen LogP contribution in [-0.4, -0.2) is 35.0 Å². The molecule has 1 heterocycles. The van der Waals surface area contributed by atoms with Crippen LogP contribution >= 0.6 is 0 Å². The molecule has 0 radical (unpaired) electrons. The molecular weight excluding hydrogens is 300 g/mol. The molecule has 0 fully saturated rings. The molecule has 0 bridgehead atoms. The summed E-state index contributed by atoms with van der Waals surface area (Å²) in [4.78, 5) is 12.0. The number of para-hydroxylation sites is 2. The average molecular weight is 314 g/mol. The topological polar surface area (TPSA) is 100 Å². The molecule has 2 aromatic carbocycles. The fourth-order valence-corrected chi connectivity index (χ4v) is 2.03. The van der Waals surface area contributed by atoms with Crippen LogP contribution in [0.5, 0.6) is 23.0 Å². The molecule has 1 unspecified atom stereocenters. The molecule has 1 amide bonds. The summed E-state index contributed by atoms with van der Waals surface area (Å²) in [6.07, 6.45) is 0.407. The van der Waals surface area contributed by atoms with Gasteiger partial charge in [0, 0.05) is 5.56 Å². The van der Waals surface area contributed by atoms with E-state index in [2.05, 4.69) is 10.5 Å². The molecule has 0 saturated heterocycles. The van der Waals surface area contributed by atoms with Crippen molar-refractivity contribution >= 4 is 12.1 Å². The number of carbonyl (C=O) groups excluding carboxylic acids is 1. The number of ether oxygens (including phenoxy) is 2. The maximum Gasteiger partial charge on any atom is 0.284 e. The molecule has 2 aromatic rings. The molecule has 3 N–H and O–H groups in total. The van der Waals surface area contributed by atoms with Gasteiger partial charge < -0.3 is 19.7 Å². The number of hydrogen-bond acceptors (Lipinski definition) is 6. The van der Waals surface area contributed by atoms with Gasteiger partial charge in [-0.3, -0.25) is 4.79 Å². The summed E-state index contributed by atoms with van der Waals surface area (Å²) >= 11 is 0. The average Bonchev–Trinajstić information content (AvgIpc) is 2.57. The maximum absolute atomic E-state index is 12.0. The Morgan fingerprint density at radius 2 is 2.00 bits per heavy atom. The summed E-state index contributed by atoms with van der Waals surface area (Å²) in [6, 6.07) is 11.1. The second-order valence-electron chi connectivity index (χ2n) is 4.84. The lowest BCUT2D eigenvalue weighted by atomic mass is 10.2. The first-order valence-corrected chi connectivity index (χ1v) is 6.87. The van der Waals surface area contributed by atoms with Crippen molar-refractivity contribution in [2.24, 2.45) is 5.10 Å². The highest BCUT2D eigenvalue weighted by Gasteiger charge is 2.26. The number of fused-ring (bicyclic) bond motifs is 1. The van der Waals surface area contributed by atoms with E-state index in [9.17, 15) is 15.0 Å². The van der Waals surface area contributed by atoms with E-state index in [1.807, 2.05) is 6.07 Å². The summed E-state index contributed by atoms with van der Waals surface area (Å²) in [5.74, 6) is 0.525. The molecule has 3 rings (SSSR count). The molecule has 118 valence electrons. The third-order valence-corrected chi connectivity index (χ3v) is 3.19. The van der Waals surface area contributed by atoms with Crippen molar-refractivity contribution in [3.05, 3.63) is 48.0 Å². The van der Waals surface area contributed by atoms with Gasteiger partial charge in [0.15, 0.2) is 11.5 Å². The van der Waals surface area contributed by atoms with E-state index >= 15 is 0 Å². The predicted octanol–water partition coefficient (Wildman–Crippen LogP) is 1.39. The second kappa shape index (κ2) is 6.27. The SMILES string of the molecule is O=C(N/N=C/c1cc(O)ccc1O)C1COc2ccccc2O1. The summed E-state index contributed by atoms with van der Waals surface area (Å²) < 4.78 is 11.0. The van der Waals surface area contributed by atoms with Crippen molar-refractivity contribution in [2.45, 2.75) is 6.10 Å². The normalized spacial score (nSPS) is 16.3. The Hall–Kier alpha value is -3.22. The Kier molecular flexibility index (Phi) is 4.01. The number of nitrogens with zero attached hydrogens (tertiary/aromatic N) is 1. The van der Waals surface area contributed by atoms with Gasteiger partial charge in [0.05, 0.1) is 6.21 Å². The van der Waals surface area contributed by atoms with Crippen molar-refractivity contribution in [1.82, 2.24) is 5.43 Å². The minimum absolute atomic E-state index is 0.0174. The van der Waals surface area contributed by atoms with Crippen molar-refractivity contribution in [1.29, 1.82) is 0 Å². The summed E-state index contributed by atoms with van der Waals surface area (Å²) in [5, 5.41) is 22.7. The van der Waals surface area contributed by atoms with E-state index in [0.717, 1.165) is 0 Å². The van der Waals surface area contributed by atoms with E-state index in [1.165, 1.54) is 24.4 Å². The van der Waals surface area contributed by atoms with Gasteiger partial charge in [0.2, 0.25) is 6.10 Å². The summed E-state index contributed by atoms with van der Waals surface area (Å²) in [6.45, 7) is 0.0791. The van der Waals surface area contributed by atoms with E-state index in [4.69, 9.17) is 9.47 Å². The Labute approximate surface area is 131 Å². The fourth-order valence-electron chi connectivity index (χ4n) is 2.03. The predicted molar refractivity (Wildman–Crippen MR) is 81.9 cm³/mol. The van der Waals surface area contributed by atoms with Crippen LogP contribution in [0.25, 0.3) is 0 Å². The van der Waals surface area contributed by atoms with Gasteiger partial charge in [-0.05, 0) is 30.3 Å². The van der Waals surface area contributed by atoms with Crippen molar-refractivity contribution in [3.8, 4) is 23.0 Å². The van der Waals surface area contributed by atoms with Gasteiger partial charge in [0.1, 0.15) is 18.1 Å². The lowest BCUT2D eigenvalue weighted by Crippen LogP contribution is -2.42. The minimum Gasteiger partial charge on any atom is -0.508 e. The van der Waals surface area contributed by atoms with E-state index in [0.29, 0.717) is 11.5 Å². The third kappa shape index (κ3) is 3.34. The van der Waals surface area contributed by atoms with Crippen LogP contribution in [-0.2, 0) is 4.79 Å². The first-order chi connectivity index (χ1) is 11.1. The Balaban J connectivity index is 1.62. The first kappa shape index (κ1) is 14.7. The van der Waals surface area contributed by atoms with Gasteiger partial charge in [-0.2, -0.15) is 5.10 Å². The van der Waals surface area contributed by atoms with Gasteiger partial charge in [-0.15, -0.1) is 0 Å². The lowest BCUT2D eigenvalue weighted by Gasteiger charge is -2.24. The number of benzene rings is 2. The Morgan fingerprint density at radius 1 is 1.22 bits per heavy atom. The molecule has 1 aliphatic rings. The monoisotopic (exact) mass is 314 g/mol. The molecule has 0 aliphatic carbocycles. The third-order valence-electron chi connectivity index (χ3n) is 3.19. The molecule has 0 saturated carbocycles. The number of amides is 1. The highest BCUT2D eigenvalue weighted by atomic mass is 16.6. The van der Waals surface area contributed by atoms with Crippen molar-refractivity contribution in [3.63, 3.8) is 0 Å². The van der Waals surface area contributed by atoms with E-state index in [1.54, 1.807) is 18.2 Å². The quantitative estimate of drug-likeness (QED) is 0.451. The van der Waals surface area contributed by atoms with Crippen molar-refractivity contribution < 1.29 is 24.5 Å². The number of hydrazone groups is 1. The van der Waals surface area contributed by atoms with Crippen LogP contribution in [0.15, 0.2) is 47.6 Å². The highest BCUT2D eigenvalue weighted by Crippen LogP contribution is 2.30. The summed E-state index contributed by atoms with van der Waals surface area (Å²) in [5.41, 5.74) is 2.59. The molecule has 1 atom stereocenters. The molecular formula is C16H14N2O5. The largest absolute Gasteiger partial charge is 0.508 e. The number of phenols is 2. The van der Waals surface area contributed by atoms with Gasteiger partial charge in [-0.1, -0.05) is 12.1 Å². The van der Waals surface area contributed by atoms with Gasteiger partial charge >= 0.3 is 0 Å². The fraction of sp³-hybridized carbons (Fsp3) is 0.125. The standard InChI is InChI=1S/C16H14N2O5/c19-11-5-6-12(20)10(7-11)8-17-18-16(21)15-9-22-13-3-1-2-4-14(13)23-15/h1-8,15,19-20H,9H2,(H,18,21)/b17-8+. The van der Waals surface area contributed by atoms with E-state index in [-0.39, 0.29) is 23.7 Å². The van der Waals surface area contributed by atoms with Crippen LogP contribution in [0, 0.1) is 0 Å². The van der Waals surface area contributed by atoms with Crippen molar-refractivity contribution in [2.75, 3.05) is 6.61 Å². The van der Waals surface area contributed by atoms with Crippen LogP contribution in [0.1, 0.15) is 5.56 Å². The smallest absolute Gasteiger partial charge is 0.284 e. The van der Waals surface area contributed by atoms with Gasteiger partial charge in [-0.25, -0.2) is 5.43 Å². The van der Waals surface area contributed by atoms with Crippen LogP contribution < -0.4 is 14.9 Å². The van der Waals surface area contributed by atoms with Crippen LogP contribution in [0.3, 0.4) is 0 Å². The number of phenolic OH excluding ortho intramolecular Hbond substituents is 2. The highest BCUT2D eigenvalue weighted by molar-refractivity contribution is 5.87. The molecule has 0 aromatic heterocycles. The molecule has 0 spiro atoms. The molecule has 1 aliphatic heterocycles. The number of aromatic hydroxyl groups is 2. The number of nitrogens with one attached hydrogen (secondary N) is 1. The minimum atomic E-state index is -0.820. The number of carbonyl (C=O) groups is 1. The summed E-state index contributed by atoms with van der Waals surface area (Å²) in [7, 11) is 0. The molecule has 7 nitrogen and oxygen atoms in total. The van der Waals surface area contributed by atoms with Crippen LogP contribution in [0.4, 0.5) is 0 Å². The van der Waals surface area contributed by atoms with Crippen LogP contribution in [0.2, 0.25) is 0 Å². The molecule has 23 heavy (non-hydrogen) atoms. The maximum atomic E-state index is 12.0. The number of rotatable bonds is 3. The zero-order chi connectivity index (χ0) is 16.2. The lowest BCUT2D eigenvalue weighted by molar-refractivity contribution is -0.130. The molecule has 7 heteroatoms. The van der Waals surface area contributed by atoms with Gasteiger partial charge in [0.25, 0.3) is 5.91 Å². The zero-order valence-corrected chi connectivity index (χ0v) is 12.0. The van der Waals surface area contributed by atoms with E-state index < -0.39 is 12.0 Å². The number of hydrogen-bond donors (Lipinski definition) is 3. The Bertz CT molecular complexity index is 760. The first-order valence-electron chi connectivity index (χ1n) is 6.87.